The fourth-order valence-electron chi connectivity index (χ4n) is 1.31. The van der Waals surface area contributed by atoms with Gasteiger partial charge in [0.15, 0.2) is 0 Å². The third-order valence-electron chi connectivity index (χ3n) is 1.92. The first-order valence-corrected chi connectivity index (χ1v) is 4.52. The minimum atomic E-state index is 0.0850. The lowest BCUT2D eigenvalue weighted by molar-refractivity contribution is 0.131. The highest BCUT2D eigenvalue weighted by Crippen LogP contribution is 2.25. The lowest BCUT2D eigenvalue weighted by Gasteiger charge is -2.06. The first-order chi connectivity index (χ1) is 5.79. The van der Waals surface area contributed by atoms with Gasteiger partial charge in [-0.25, -0.2) is 4.98 Å². The van der Waals surface area contributed by atoms with Crippen LogP contribution >= 0.6 is 15.9 Å². The van der Waals surface area contributed by atoms with Gasteiger partial charge in [-0.1, -0.05) is 0 Å². The molecule has 0 saturated heterocycles. The van der Waals surface area contributed by atoms with Gasteiger partial charge >= 0.3 is 0 Å². The molecule has 0 aliphatic carbocycles. The zero-order chi connectivity index (χ0) is 8.55. The summed E-state index contributed by atoms with van der Waals surface area (Å²) >= 11 is 3.38. The van der Waals surface area contributed by atoms with E-state index >= 15 is 0 Å². The lowest BCUT2D eigenvalue weighted by Crippen LogP contribution is -2.17. The van der Waals surface area contributed by atoms with E-state index in [1.54, 1.807) is 13.3 Å². The lowest BCUT2D eigenvalue weighted by atomic mass is 10.2. The molecule has 0 saturated carbocycles. The van der Waals surface area contributed by atoms with Gasteiger partial charge in [0, 0.05) is 29.8 Å². The standard InChI is InChI=1S/C8H9BrN2O/c1-12-7-3-5-2-6(9)4-10-8(5)11-7/h2,4,7H,3H2,1H3,(H,10,11). The van der Waals surface area contributed by atoms with Crippen molar-refractivity contribution in [3.63, 3.8) is 0 Å². The second-order valence-electron chi connectivity index (χ2n) is 2.73. The average Bonchev–Trinajstić information content (AvgIpc) is 2.46. The maximum Gasteiger partial charge on any atom is 0.132 e. The molecule has 1 aliphatic heterocycles. The normalized spacial score (nSPS) is 20.3. The quantitative estimate of drug-likeness (QED) is 0.796. The molecule has 1 unspecified atom stereocenters. The summed E-state index contributed by atoms with van der Waals surface area (Å²) in [4.78, 5) is 4.22. The molecule has 0 bridgehead atoms. The van der Waals surface area contributed by atoms with Crippen LogP contribution in [0.25, 0.3) is 0 Å². The van der Waals surface area contributed by atoms with Gasteiger partial charge in [0.2, 0.25) is 0 Å². The molecule has 0 spiro atoms. The van der Waals surface area contributed by atoms with Crippen molar-refractivity contribution < 1.29 is 4.74 Å². The van der Waals surface area contributed by atoms with Crippen molar-refractivity contribution in [2.75, 3.05) is 12.4 Å². The van der Waals surface area contributed by atoms with Crippen LogP contribution < -0.4 is 5.32 Å². The summed E-state index contributed by atoms with van der Waals surface area (Å²) in [6, 6.07) is 2.06. The smallest absolute Gasteiger partial charge is 0.132 e. The molecule has 64 valence electrons. The molecule has 12 heavy (non-hydrogen) atoms. The Labute approximate surface area is 79.3 Å². The number of aromatic nitrogens is 1. The van der Waals surface area contributed by atoms with Crippen LogP contribution in [0.5, 0.6) is 0 Å². The number of pyridine rings is 1. The van der Waals surface area contributed by atoms with E-state index in [9.17, 15) is 0 Å². The molecule has 2 rings (SSSR count). The van der Waals surface area contributed by atoms with Gasteiger partial charge in [0.1, 0.15) is 12.0 Å². The van der Waals surface area contributed by atoms with E-state index in [0.29, 0.717) is 0 Å². The maximum absolute atomic E-state index is 5.17. The predicted molar refractivity (Wildman–Crippen MR) is 50.1 cm³/mol. The molecule has 1 aliphatic rings. The van der Waals surface area contributed by atoms with Crippen LogP contribution in [-0.4, -0.2) is 18.3 Å². The highest BCUT2D eigenvalue weighted by atomic mass is 79.9. The number of hydrogen-bond donors (Lipinski definition) is 1. The number of halogens is 1. The zero-order valence-corrected chi connectivity index (χ0v) is 8.26. The number of ether oxygens (including phenoxy) is 1. The number of rotatable bonds is 1. The van der Waals surface area contributed by atoms with Crippen molar-refractivity contribution in [3.8, 4) is 0 Å². The van der Waals surface area contributed by atoms with Crippen molar-refractivity contribution in [1.82, 2.24) is 4.98 Å². The van der Waals surface area contributed by atoms with E-state index < -0.39 is 0 Å². The van der Waals surface area contributed by atoms with Gasteiger partial charge in [0.25, 0.3) is 0 Å². The second-order valence-corrected chi connectivity index (χ2v) is 3.65. The van der Waals surface area contributed by atoms with Gasteiger partial charge in [-0.15, -0.1) is 0 Å². The van der Waals surface area contributed by atoms with Crippen molar-refractivity contribution in [3.05, 3.63) is 22.3 Å². The van der Waals surface area contributed by atoms with E-state index in [-0.39, 0.29) is 6.23 Å². The van der Waals surface area contributed by atoms with E-state index in [4.69, 9.17) is 4.74 Å². The fourth-order valence-corrected chi connectivity index (χ4v) is 1.69. The highest BCUT2D eigenvalue weighted by molar-refractivity contribution is 9.10. The molecule has 1 atom stereocenters. The summed E-state index contributed by atoms with van der Waals surface area (Å²) < 4.78 is 6.18. The van der Waals surface area contributed by atoms with E-state index in [0.717, 1.165) is 16.7 Å². The highest BCUT2D eigenvalue weighted by Gasteiger charge is 2.20. The molecular formula is C8H9BrN2O. The van der Waals surface area contributed by atoms with Crippen LogP contribution in [0.2, 0.25) is 0 Å². The second kappa shape index (κ2) is 3.03. The van der Waals surface area contributed by atoms with Gasteiger partial charge in [-0.2, -0.15) is 0 Å². The minimum Gasteiger partial charge on any atom is -0.361 e. The number of anilines is 1. The molecule has 1 N–H and O–H groups in total. The Morgan fingerprint density at radius 2 is 2.58 bits per heavy atom. The van der Waals surface area contributed by atoms with E-state index in [1.165, 1.54) is 5.56 Å². The number of fused-ring (bicyclic) bond motifs is 1. The topological polar surface area (TPSA) is 34.1 Å². The molecule has 0 amide bonds. The molecule has 2 heterocycles. The molecule has 1 aromatic rings. The third kappa shape index (κ3) is 1.32. The van der Waals surface area contributed by atoms with Gasteiger partial charge in [0.05, 0.1) is 0 Å². The summed E-state index contributed by atoms with van der Waals surface area (Å²) in [5, 5.41) is 3.16. The van der Waals surface area contributed by atoms with Crippen molar-refractivity contribution in [2.45, 2.75) is 12.6 Å². The Balaban J connectivity index is 2.30. The van der Waals surface area contributed by atoms with Crippen LogP contribution in [0.3, 0.4) is 0 Å². The zero-order valence-electron chi connectivity index (χ0n) is 6.67. The molecule has 3 nitrogen and oxygen atoms in total. The first kappa shape index (κ1) is 8.01. The van der Waals surface area contributed by atoms with E-state index in [1.807, 2.05) is 0 Å². The summed E-state index contributed by atoms with van der Waals surface area (Å²) in [6.07, 6.45) is 2.75. The molecule has 0 radical (unpaired) electrons. The molecule has 0 aromatic carbocycles. The number of methoxy groups -OCH3 is 1. The number of nitrogens with zero attached hydrogens (tertiary/aromatic N) is 1. The van der Waals surface area contributed by atoms with Gasteiger partial charge in [-0.05, 0) is 22.0 Å². The third-order valence-corrected chi connectivity index (χ3v) is 2.35. The summed E-state index contributed by atoms with van der Waals surface area (Å²) in [7, 11) is 1.69. The minimum absolute atomic E-state index is 0.0850. The maximum atomic E-state index is 5.17. The van der Waals surface area contributed by atoms with Crippen LogP contribution in [0.1, 0.15) is 5.56 Å². The molecule has 4 heteroatoms. The Morgan fingerprint density at radius 3 is 3.33 bits per heavy atom. The van der Waals surface area contributed by atoms with Crippen LogP contribution in [0, 0.1) is 0 Å². The SMILES string of the molecule is COC1Cc2cc(Br)cnc2N1. The number of hydrogen-bond acceptors (Lipinski definition) is 3. The molecular weight excluding hydrogens is 220 g/mol. The van der Waals surface area contributed by atoms with Crippen LogP contribution in [0.4, 0.5) is 5.82 Å². The Bertz CT molecular complexity index is 303. The van der Waals surface area contributed by atoms with Gasteiger partial charge < -0.3 is 10.1 Å². The monoisotopic (exact) mass is 228 g/mol. The summed E-state index contributed by atoms with van der Waals surface area (Å²) in [5.74, 6) is 0.935. The van der Waals surface area contributed by atoms with Crippen molar-refractivity contribution in [2.24, 2.45) is 0 Å². The summed E-state index contributed by atoms with van der Waals surface area (Å²) in [5.41, 5.74) is 1.20. The number of nitrogens with one attached hydrogen (secondary N) is 1. The average molecular weight is 229 g/mol. The molecule has 1 aromatic heterocycles. The Kier molecular flexibility index (Phi) is 2.02. The first-order valence-electron chi connectivity index (χ1n) is 3.73. The predicted octanol–water partition coefficient (Wildman–Crippen LogP) is 1.78. The van der Waals surface area contributed by atoms with Crippen molar-refractivity contribution in [1.29, 1.82) is 0 Å². The van der Waals surface area contributed by atoms with Crippen LogP contribution in [0.15, 0.2) is 16.7 Å². The van der Waals surface area contributed by atoms with E-state index in [2.05, 4.69) is 32.3 Å². The summed E-state index contributed by atoms with van der Waals surface area (Å²) in [6.45, 7) is 0. The Morgan fingerprint density at radius 1 is 1.75 bits per heavy atom. The fraction of sp³-hybridized carbons (Fsp3) is 0.375. The van der Waals surface area contributed by atoms with Crippen molar-refractivity contribution >= 4 is 21.7 Å². The molecule has 0 fully saturated rings. The van der Waals surface area contributed by atoms with Gasteiger partial charge in [-0.3, -0.25) is 0 Å². The van der Waals surface area contributed by atoms with Crippen LogP contribution in [-0.2, 0) is 11.2 Å². The Hall–Kier alpha value is -0.610. The largest absolute Gasteiger partial charge is 0.361 e.